The Bertz CT molecular complexity index is 683. The molecule has 1 aromatic rings. The second-order valence-electron chi connectivity index (χ2n) is 8.35. The molecule has 0 fully saturated rings. The van der Waals surface area contributed by atoms with Crippen LogP contribution in [-0.4, -0.2) is 149 Å². The van der Waals surface area contributed by atoms with Crippen LogP contribution >= 0.6 is 22.6 Å². The Morgan fingerprint density at radius 3 is 0.929 bits per heavy atom. The number of alkyl halides is 1. The van der Waals surface area contributed by atoms with E-state index < -0.39 is 0 Å². The predicted molar refractivity (Wildman–Crippen MR) is 164 cm³/mol. The average molecular weight is 717 g/mol. The van der Waals surface area contributed by atoms with Crippen LogP contribution in [0.5, 0.6) is 5.75 Å². The van der Waals surface area contributed by atoms with Gasteiger partial charge in [0.15, 0.2) is 0 Å². The number of carbonyl (C=O) groups is 1. The highest BCUT2D eigenvalue weighted by atomic mass is 127. The fourth-order valence-electron chi connectivity index (χ4n) is 3.00. The first-order valence-corrected chi connectivity index (χ1v) is 15.9. The van der Waals surface area contributed by atoms with E-state index in [1.165, 1.54) is 0 Å². The summed E-state index contributed by atoms with van der Waals surface area (Å²) in [5.41, 5.74) is 0.620. The summed E-state index contributed by atoms with van der Waals surface area (Å²) in [4.78, 5) is 10.6. The molecule has 1 rings (SSSR count). The van der Waals surface area contributed by atoms with E-state index in [0.29, 0.717) is 143 Å². The maximum absolute atomic E-state index is 10.6. The summed E-state index contributed by atoms with van der Waals surface area (Å²) in [7, 11) is 0. The molecule has 0 aromatic heterocycles. The van der Waals surface area contributed by atoms with Crippen molar-refractivity contribution in [3.8, 4) is 5.75 Å². The van der Waals surface area contributed by atoms with Gasteiger partial charge in [-0.05, 0) is 24.3 Å². The number of benzene rings is 1. The van der Waals surface area contributed by atoms with Crippen LogP contribution in [0.4, 0.5) is 0 Å². The van der Waals surface area contributed by atoms with Gasteiger partial charge in [-0.2, -0.15) is 0 Å². The van der Waals surface area contributed by atoms with E-state index in [9.17, 15) is 4.79 Å². The largest absolute Gasteiger partial charge is 0.491 e. The number of carbonyl (C=O) groups excluding carboxylic acids is 1. The third-order valence-corrected chi connectivity index (χ3v) is 5.52. The van der Waals surface area contributed by atoms with Crippen molar-refractivity contribution in [3.63, 3.8) is 0 Å². The van der Waals surface area contributed by atoms with Crippen molar-refractivity contribution in [2.24, 2.45) is 0 Å². The van der Waals surface area contributed by atoms with Gasteiger partial charge in [-0.15, -0.1) is 0 Å². The Labute approximate surface area is 263 Å². The minimum atomic E-state index is 0.433. The van der Waals surface area contributed by atoms with Crippen LogP contribution in [0.15, 0.2) is 24.3 Å². The molecule has 0 radical (unpaired) electrons. The Hall–Kier alpha value is -0.980. The number of aldehydes is 1. The summed E-state index contributed by atoms with van der Waals surface area (Å²) in [6.45, 7) is 11.1. The molecule has 0 aliphatic rings. The van der Waals surface area contributed by atoms with E-state index in [-0.39, 0.29) is 0 Å². The van der Waals surface area contributed by atoms with Crippen molar-refractivity contribution in [2.45, 2.75) is 0 Å². The average Bonchev–Trinajstić information content (AvgIpc) is 3.02. The van der Waals surface area contributed by atoms with Crippen molar-refractivity contribution in [1.82, 2.24) is 0 Å². The van der Waals surface area contributed by atoms with Crippen molar-refractivity contribution >= 4 is 28.9 Å². The molecular weight excluding hydrogens is 667 g/mol. The Morgan fingerprint density at radius 2 is 0.667 bits per heavy atom. The topological polar surface area (TPSA) is 119 Å². The van der Waals surface area contributed by atoms with Gasteiger partial charge >= 0.3 is 0 Å². The van der Waals surface area contributed by atoms with E-state index >= 15 is 0 Å². The molecule has 0 saturated carbocycles. The first-order valence-electron chi connectivity index (χ1n) is 14.4. The van der Waals surface area contributed by atoms with Crippen molar-refractivity contribution in [1.29, 1.82) is 0 Å². The van der Waals surface area contributed by atoms with Crippen LogP contribution in [0.3, 0.4) is 0 Å². The van der Waals surface area contributed by atoms with Gasteiger partial charge in [0.05, 0.1) is 132 Å². The lowest BCUT2D eigenvalue weighted by molar-refractivity contribution is -0.0265. The molecule has 1 aromatic carbocycles. The lowest BCUT2D eigenvalue weighted by Crippen LogP contribution is -2.15. The summed E-state index contributed by atoms with van der Waals surface area (Å²) < 4.78 is 60.9. The van der Waals surface area contributed by atoms with Crippen LogP contribution in [0.25, 0.3) is 0 Å². The summed E-state index contributed by atoms with van der Waals surface area (Å²) in [5, 5.41) is 0. The maximum atomic E-state index is 10.6. The number of halogens is 1. The van der Waals surface area contributed by atoms with E-state index in [1.54, 1.807) is 24.3 Å². The Kier molecular flexibility index (Phi) is 30.6. The molecule has 0 aliphatic heterocycles. The molecule has 12 nitrogen and oxygen atoms in total. The van der Waals surface area contributed by atoms with Crippen molar-refractivity contribution in [2.75, 3.05) is 143 Å². The lowest BCUT2D eigenvalue weighted by atomic mass is 10.2. The van der Waals surface area contributed by atoms with Gasteiger partial charge in [0.25, 0.3) is 0 Å². The number of rotatable bonds is 34. The molecule has 0 spiro atoms. The third-order valence-electron chi connectivity index (χ3n) is 5.08. The molecular formula is C29H49IO12. The number of ether oxygens (including phenoxy) is 11. The quantitative estimate of drug-likeness (QED) is 0.0452. The molecule has 0 unspecified atom stereocenters. The number of hydrogen-bond donors (Lipinski definition) is 0. The predicted octanol–water partition coefficient (Wildman–Crippen LogP) is 2.48. The SMILES string of the molecule is O=Cc1ccc(OCCOCCOCCOCCOCCOCCOCCOCCOCCOCCOCCI)cc1. The van der Waals surface area contributed by atoms with E-state index in [0.717, 1.165) is 17.3 Å². The lowest BCUT2D eigenvalue weighted by Gasteiger charge is -2.09. The van der Waals surface area contributed by atoms with E-state index in [4.69, 9.17) is 52.1 Å². The second-order valence-corrected chi connectivity index (χ2v) is 9.43. The minimum absolute atomic E-state index is 0.433. The third kappa shape index (κ3) is 27.8. The van der Waals surface area contributed by atoms with Crippen LogP contribution < -0.4 is 4.74 Å². The highest BCUT2D eigenvalue weighted by Crippen LogP contribution is 2.10. The standard InChI is InChI=1S/C29H49IO12/c30-5-6-32-7-8-33-9-10-34-11-12-35-13-14-36-15-16-37-17-18-38-19-20-39-21-22-40-23-24-41-25-26-42-29-3-1-28(27-31)2-4-29/h1-4,27H,5-26H2. The van der Waals surface area contributed by atoms with Gasteiger partial charge in [0.1, 0.15) is 18.6 Å². The summed E-state index contributed by atoms with van der Waals surface area (Å²) >= 11 is 2.28. The van der Waals surface area contributed by atoms with Gasteiger partial charge in [0, 0.05) is 9.99 Å². The maximum Gasteiger partial charge on any atom is 0.150 e. The van der Waals surface area contributed by atoms with Crippen LogP contribution in [0.1, 0.15) is 10.4 Å². The Balaban J connectivity index is 1.64. The molecule has 13 heteroatoms. The summed E-state index contributed by atoms with van der Waals surface area (Å²) in [6.07, 6.45) is 0.799. The zero-order valence-electron chi connectivity index (χ0n) is 24.7. The molecule has 42 heavy (non-hydrogen) atoms. The first-order chi connectivity index (χ1) is 20.9. The zero-order chi connectivity index (χ0) is 30.0. The van der Waals surface area contributed by atoms with Crippen LogP contribution in [0.2, 0.25) is 0 Å². The fraction of sp³-hybridized carbons (Fsp3) is 0.759. The van der Waals surface area contributed by atoms with Crippen molar-refractivity contribution < 1.29 is 56.9 Å². The molecule has 0 atom stereocenters. The van der Waals surface area contributed by atoms with Crippen LogP contribution in [0, 0.1) is 0 Å². The highest BCUT2D eigenvalue weighted by molar-refractivity contribution is 14.1. The monoisotopic (exact) mass is 716 g/mol. The molecule has 0 aliphatic carbocycles. The van der Waals surface area contributed by atoms with Crippen molar-refractivity contribution in [3.05, 3.63) is 29.8 Å². The van der Waals surface area contributed by atoms with Gasteiger partial charge in [-0.3, -0.25) is 4.79 Å². The normalized spacial score (nSPS) is 11.3. The second kappa shape index (κ2) is 32.9. The van der Waals surface area contributed by atoms with Gasteiger partial charge in [-0.1, -0.05) is 22.6 Å². The smallest absolute Gasteiger partial charge is 0.150 e. The highest BCUT2D eigenvalue weighted by Gasteiger charge is 1.97. The van der Waals surface area contributed by atoms with Gasteiger partial charge in [-0.25, -0.2) is 0 Å². The minimum Gasteiger partial charge on any atom is -0.491 e. The Morgan fingerprint density at radius 1 is 0.405 bits per heavy atom. The molecule has 0 amide bonds. The number of hydrogen-bond acceptors (Lipinski definition) is 12. The molecule has 0 saturated heterocycles. The molecule has 0 heterocycles. The molecule has 244 valence electrons. The molecule has 0 N–H and O–H groups in total. The van der Waals surface area contributed by atoms with E-state index in [2.05, 4.69) is 22.6 Å². The van der Waals surface area contributed by atoms with Crippen LogP contribution in [-0.2, 0) is 47.4 Å². The summed E-state index contributed by atoms with van der Waals surface area (Å²) in [5.74, 6) is 0.706. The zero-order valence-corrected chi connectivity index (χ0v) is 26.9. The van der Waals surface area contributed by atoms with E-state index in [1.807, 2.05) is 0 Å². The van der Waals surface area contributed by atoms with Gasteiger partial charge < -0.3 is 52.1 Å². The van der Waals surface area contributed by atoms with Gasteiger partial charge in [0.2, 0.25) is 0 Å². The summed E-state index contributed by atoms with van der Waals surface area (Å²) in [6, 6.07) is 6.94. The molecule has 0 bridgehead atoms. The first kappa shape index (κ1) is 39.0. The fourth-order valence-corrected chi connectivity index (χ4v) is 3.31.